The number of halogens is 12. The molecule has 3 heterocycles. The van der Waals surface area contributed by atoms with E-state index in [2.05, 4.69) is 0 Å². The van der Waals surface area contributed by atoms with Crippen LogP contribution in [0.2, 0.25) is 0 Å². The Labute approximate surface area is 438 Å². The molecule has 12 aromatic rings. The fourth-order valence-corrected chi connectivity index (χ4v) is 11.2. The SMILES string of the molecule is FC(F)(F)c1ccc(-c2ccc3c4ccc(-c5ccc(C(F)(F)F)cc5C(F)(F)F)cc4n(-c4ccc(-c5cccc6sc7ccccc7c56)cc4-c4nc(-c5ccccc5)nc(-c5ccccc5)n4)c3c2)c(C(F)(F)F)c1. The molecule has 0 aliphatic carbocycles. The second-order valence-corrected chi connectivity index (χ2v) is 19.4. The van der Waals surface area contributed by atoms with Crippen LogP contribution in [0.1, 0.15) is 22.3 Å². The highest BCUT2D eigenvalue weighted by molar-refractivity contribution is 7.25. The molecule has 3 aromatic heterocycles. The fourth-order valence-electron chi connectivity index (χ4n) is 10.0. The van der Waals surface area contributed by atoms with Gasteiger partial charge in [0.2, 0.25) is 0 Å². The summed E-state index contributed by atoms with van der Waals surface area (Å²) < 4.78 is 177. The number of hydrogen-bond acceptors (Lipinski definition) is 4. The van der Waals surface area contributed by atoms with E-state index in [1.807, 2.05) is 60.7 Å². The minimum atomic E-state index is -5.27. The lowest BCUT2D eigenvalue weighted by Crippen LogP contribution is -2.12. The highest BCUT2D eigenvalue weighted by atomic mass is 32.1. The van der Waals surface area contributed by atoms with Crippen LogP contribution in [0.3, 0.4) is 0 Å². The van der Waals surface area contributed by atoms with Crippen molar-refractivity contribution in [1.29, 1.82) is 0 Å². The summed E-state index contributed by atoms with van der Waals surface area (Å²) in [5.74, 6) is 0.586. The van der Waals surface area contributed by atoms with Crippen LogP contribution in [0.4, 0.5) is 52.7 Å². The topological polar surface area (TPSA) is 43.6 Å². The second kappa shape index (κ2) is 18.4. The first-order chi connectivity index (χ1) is 37.2. The summed E-state index contributed by atoms with van der Waals surface area (Å²) in [6.07, 6.45) is -20.8. The van der Waals surface area contributed by atoms with Gasteiger partial charge in [0.15, 0.2) is 17.5 Å². The standard InChI is InChI=1S/C61H32F12N4S/c62-58(63,64)38-21-25-40(47(31-38)60(68,69)70)36-18-23-43-44-24-19-37(41-26-22-39(59(65,66)67)32-48(41)61(71,72)73)30-51(44)77(50(43)29-36)49-27-20-35(42-15-9-17-53-54(42)45-14-7-8-16-52(45)78-53)28-46(49)57-75-55(33-10-3-1-4-11-33)74-56(76-57)34-12-5-2-6-13-34/h1-32H. The number of aromatic nitrogens is 4. The molecule has 0 radical (unpaired) electrons. The van der Waals surface area contributed by atoms with E-state index < -0.39 is 58.1 Å². The van der Waals surface area contributed by atoms with Gasteiger partial charge >= 0.3 is 24.7 Å². The van der Waals surface area contributed by atoms with Gasteiger partial charge in [-0.25, -0.2) is 15.0 Å². The molecule has 0 amide bonds. The zero-order valence-electron chi connectivity index (χ0n) is 39.7. The molecule has 386 valence electrons. The predicted octanol–water partition coefficient (Wildman–Crippen LogP) is 19.4. The Balaban J connectivity index is 1.20. The van der Waals surface area contributed by atoms with Crippen molar-refractivity contribution in [2.24, 2.45) is 0 Å². The highest BCUT2D eigenvalue weighted by Crippen LogP contribution is 2.48. The van der Waals surface area contributed by atoms with Crippen molar-refractivity contribution < 1.29 is 52.7 Å². The van der Waals surface area contributed by atoms with E-state index in [-0.39, 0.29) is 57.5 Å². The largest absolute Gasteiger partial charge is 0.417 e. The van der Waals surface area contributed by atoms with Crippen molar-refractivity contribution in [1.82, 2.24) is 19.5 Å². The lowest BCUT2D eigenvalue weighted by molar-refractivity contribution is -0.144. The van der Waals surface area contributed by atoms with Gasteiger partial charge in [-0.3, -0.25) is 0 Å². The number of nitrogens with zero attached hydrogens (tertiary/aromatic N) is 4. The Morgan fingerprint density at radius 2 is 0.782 bits per heavy atom. The molecule has 0 saturated heterocycles. The van der Waals surface area contributed by atoms with Gasteiger partial charge in [-0.15, -0.1) is 11.3 Å². The average Bonchev–Trinajstić information content (AvgIpc) is 4.04. The van der Waals surface area contributed by atoms with Crippen molar-refractivity contribution in [2.75, 3.05) is 0 Å². The molecule has 0 bridgehead atoms. The molecule has 4 nitrogen and oxygen atoms in total. The third kappa shape index (κ3) is 8.96. The lowest BCUT2D eigenvalue weighted by atomic mass is 9.95. The molecular weight excluding hydrogens is 1050 g/mol. The van der Waals surface area contributed by atoms with Crippen LogP contribution in [-0.4, -0.2) is 19.5 Å². The third-order valence-electron chi connectivity index (χ3n) is 13.6. The van der Waals surface area contributed by atoms with E-state index in [9.17, 15) is 52.7 Å². The summed E-state index contributed by atoms with van der Waals surface area (Å²) in [5, 5.41) is 2.60. The smallest absolute Gasteiger partial charge is 0.308 e. The molecule has 0 N–H and O–H groups in total. The number of fused-ring (bicyclic) bond motifs is 6. The third-order valence-corrected chi connectivity index (χ3v) is 14.7. The molecule has 0 fully saturated rings. The molecule has 0 spiro atoms. The highest BCUT2D eigenvalue weighted by Gasteiger charge is 2.40. The molecule has 17 heteroatoms. The summed E-state index contributed by atoms with van der Waals surface area (Å²) in [4.78, 5) is 15.0. The number of alkyl halides is 12. The minimum absolute atomic E-state index is 0.0349. The normalized spacial score (nSPS) is 12.6. The maximum Gasteiger partial charge on any atom is 0.417 e. The van der Waals surface area contributed by atoms with Crippen molar-refractivity contribution in [3.8, 4) is 73.2 Å². The van der Waals surface area contributed by atoms with E-state index in [0.717, 1.165) is 37.9 Å². The molecule has 0 atom stereocenters. The van der Waals surface area contributed by atoms with Crippen LogP contribution in [0.5, 0.6) is 0 Å². The quantitative estimate of drug-likeness (QED) is 0.149. The van der Waals surface area contributed by atoms with Crippen LogP contribution in [0.25, 0.3) is 115 Å². The zero-order valence-corrected chi connectivity index (χ0v) is 40.5. The van der Waals surface area contributed by atoms with Crippen LogP contribution in [0, 0.1) is 0 Å². The Hall–Kier alpha value is -8.83. The van der Waals surface area contributed by atoms with Gasteiger partial charge in [0.1, 0.15) is 0 Å². The van der Waals surface area contributed by atoms with E-state index in [0.29, 0.717) is 45.2 Å². The van der Waals surface area contributed by atoms with Gasteiger partial charge in [-0.05, 0) is 94.0 Å². The summed E-state index contributed by atoms with van der Waals surface area (Å²) >= 11 is 1.59. The summed E-state index contributed by atoms with van der Waals surface area (Å²) in [7, 11) is 0. The molecule has 0 aliphatic rings. The first-order valence-electron chi connectivity index (χ1n) is 23.8. The van der Waals surface area contributed by atoms with Crippen molar-refractivity contribution in [2.45, 2.75) is 24.7 Å². The number of benzene rings is 9. The maximum absolute atomic E-state index is 14.9. The van der Waals surface area contributed by atoms with Gasteiger partial charge in [0, 0.05) is 47.6 Å². The summed E-state index contributed by atoms with van der Waals surface area (Å²) in [5.41, 5.74) is -4.22. The van der Waals surface area contributed by atoms with Crippen LogP contribution < -0.4 is 0 Å². The maximum atomic E-state index is 14.9. The number of hydrogen-bond donors (Lipinski definition) is 0. The molecular formula is C61H32F12N4S. The lowest BCUT2D eigenvalue weighted by Gasteiger charge is -2.18. The summed E-state index contributed by atoms with van der Waals surface area (Å²) in [6.45, 7) is 0. The van der Waals surface area contributed by atoms with Gasteiger partial charge < -0.3 is 4.57 Å². The zero-order chi connectivity index (χ0) is 54.5. The molecule has 78 heavy (non-hydrogen) atoms. The Morgan fingerprint density at radius 1 is 0.321 bits per heavy atom. The van der Waals surface area contributed by atoms with Gasteiger partial charge in [0.25, 0.3) is 0 Å². The Morgan fingerprint density at radius 3 is 1.29 bits per heavy atom. The van der Waals surface area contributed by atoms with Gasteiger partial charge in [-0.2, -0.15) is 52.7 Å². The van der Waals surface area contributed by atoms with E-state index in [4.69, 9.17) is 15.0 Å². The van der Waals surface area contributed by atoms with Crippen LogP contribution in [-0.2, 0) is 24.7 Å². The van der Waals surface area contributed by atoms with Crippen LogP contribution in [0.15, 0.2) is 194 Å². The fraction of sp³-hybridized carbons (Fsp3) is 0.0656. The average molecular weight is 1080 g/mol. The van der Waals surface area contributed by atoms with E-state index in [1.165, 1.54) is 36.4 Å². The van der Waals surface area contributed by atoms with E-state index in [1.54, 1.807) is 76.6 Å². The van der Waals surface area contributed by atoms with Gasteiger partial charge in [-0.1, -0.05) is 133 Å². The van der Waals surface area contributed by atoms with Crippen molar-refractivity contribution in [3.05, 3.63) is 216 Å². The summed E-state index contributed by atoms with van der Waals surface area (Å²) in [6, 6.07) is 48.0. The number of thiophene rings is 1. The van der Waals surface area contributed by atoms with Gasteiger partial charge in [0.05, 0.1) is 39.0 Å². The molecule has 9 aromatic carbocycles. The second-order valence-electron chi connectivity index (χ2n) is 18.4. The molecule has 0 saturated carbocycles. The van der Waals surface area contributed by atoms with Crippen LogP contribution >= 0.6 is 11.3 Å². The molecule has 0 unspecified atom stereocenters. The Kier molecular flexibility index (Phi) is 11.8. The van der Waals surface area contributed by atoms with Crippen molar-refractivity contribution in [3.63, 3.8) is 0 Å². The predicted molar refractivity (Wildman–Crippen MR) is 280 cm³/mol. The van der Waals surface area contributed by atoms with Crippen molar-refractivity contribution >= 4 is 53.3 Å². The first-order valence-corrected chi connectivity index (χ1v) is 24.6. The Bertz CT molecular complexity index is 4140. The number of rotatable bonds is 7. The van der Waals surface area contributed by atoms with E-state index >= 15 is 0 Å². The molecule has 12 rings (SSSR count). The molecule has 0 aliphatic heterocycles. The first kappa shape index (κ1) is 50.0. The monoisotopic (exact) mass is 1080 g/mol. The minimum Gasteiger partial charge on any atom is -0.308 e.